The van der Waals surface area contributed by atoms with Crippen LogP contribution in [0.25, 0.3) is 0 Å². The van der Waals surface area contributed by atoms with Gasteiger partial charge in [0.05, 0.1) is 6.10 Å². The second-order valence-electron chi connectivity index (χ2n) is 11.4. The highest BCUT2D eigenvalue weighted by molar-refractivity contribution is 5.40. The van der Waals surface area contributed by atoms with E-state index in [9.17, 15) is 5.11 Å². The zero-order valence-electron chi connectivity index (χ0n) is 20.9. The molecule has 2 atom stereocenters. The molecule has 0 saturated carbocycles. The van der Waals surface area contributed by atoms with E-state index in [1.54, 1.807) is 0 Å². The lowest BCUT2D eigenvalue weighted by molar-refractivity contribution is 0.192. The van der Waals surface area contributed by atoms with E-state index in [1.807, 2.05) is 0 Å². The van der Waals surface area contributed by atoms with Crippen molar-refractivity contribution in [3.05, 3.63) is 70.8 Å². The van der Waals surface area contributed by atoms with Gasteiger partial charge in [0.2, 0.25) is 0 Å². The van der Waals surface area contributed by atoms with Crippen LogP contribution in [0, 0.1) is 11.8 Å². The van der Waals surface area contributed by atoms with Crippen LogP contribution in [-0.4, -0.2) is 23.8 Å². The Balaban J connectivity index is 1.96. The molecule has 2 aromatic carbocycles. The summed E-state index contributed by atoms with van der Waals surface area (Å²) >= 11 is 0. The second kappa shape index (κ2) is 9.08. The number of β-amino-alcohol motifs (C(OH)–C–C–N with tert-alkyl or cyclic N) is 1. The van der Waals surface area contributed by atoms with E-state index < -0.39 is 0 Å². The lowest BCUT2D eigenvalue weighted by Gasteiger charge is -2.32. The molecule has 1 fully saturated rings. The molecule has 0 amide bonds. The van der Waals surface area contributed by atoms with Gasteiger partial charge in [0.15, 0.2) is 0 Å². The van der Waals surface area contributed by atoms with Gasteiger partial charge in [0.25, 0.3) is 0 Å². The van der Waals surface area contributed by atoms with Gasteiger partial charge in [-0.1, -0.05) is 104 Å². The van der Waals surface area contributed by atoms with Gasteiger partial charge in [-0.3, -0.25) is 0 Å². The number of aliphatic hydroxyl groups is 1. The molecule has 31 heavy (non-hydrogen) atoms. The summed E-state index contributed by atoms with van der Waals surface area (Å²) in [6.45, 7) is 19.2. The Kier molecular flexibility index (Phi) is 7.03. The van der Waals surface area contributed by atoms with Crippen LogP contribution in [0.4, 0.5) is 0 Å². The van der Waals surface area contributed by atoms with Crippen molar-refractivity contribution in [3.63, 3.8) is 0 Å². The van der Waals surface area contributed by atoms with Crippen molar-refractivity contribution in [2.24, 2.45) is 11.8 Å². The number of aliphatic hydroxyl groups excluding tert-OH is 1. The van der Waals surface area contributed by atoms with Crippen LogP contribution in [0.2, 0.25) is 0 Å². The van der Waals surface area contributed by atoms with E-state index >= 15 is 0 Å². The van der Waals surface area contributed by atoms with Gasteiger partial charge in [-0.05, 0) is 51.3 Å². The zero-order chi connectivity index (χ0) is 23.0. The SMILES string of the molecule is CC(C)C(C)(C)c1ccc(C(c2ccc(C(C)(C)C(C)C)cc2)C2CC(O)CN2)cc1. The van der Waals surface area contributed by atoms with E-state index in [0.717, 1.165) is 6.42 Å². The smallest absolute Gasteiger partial charge is 0.0679 e. The molecule has 1 aliphatic rings. The average molecular weight is 422 g/mol. The Morgan fingerprint density at radius 2 is 1.13 bits per heavy atom. The first kappa shape index (κ1) is 24.0. The maximum atomic E-state index is 10.2. The van der Waals surface area contributed by atoms with Crippen LogP contribution in [-0.2, 0) is 10.8 Å². The van der Waals surface area contributed by atoms with Crippen LogP contribution in [0.1, 0.15) is 90.0 Å². The summed E-state index contributed by atoms with van der Waals surface area (Å²) in [5.41, 5.74) is 5.73. The van der Waals surface area contributed by atoms with Crippen LogP contribution >= 0.6 is 0 Å². The maximum Gasteiger partial charge on any atom is 0.0679 e. The Morgan fingerprint density at radius 1 is 0.742 bits per heavy atom. The molecule has 0 aromatic heterocycles. The van der Waals surface area contributed by atoms with Crippen molar-refractivity contribution in [1.29, 1.82) is 0 Å². The molecule has 2 nitrogen and oxygen atoms in total. The molecular formula is C29H43NO. The number of nitrogens with one attached hydrogen (secondary N) is 1. The monoisotopic (exact) mass is 421 g/mol. The Labute approximate surface area is 190 Å². The van der Waals surface area contributed by atoms with Crippen LogP contribution in [0.5, 0.6) is 0 Å². The van der Waals surface area contributed by atoms with Crippen molar-refractivity contribution < 1.29 is 5.11 Å². The molecule has 0 aliphatic carbocycles. The average Bonchev–Trinajstić information content (AvgIpc) is 3.14. The quantitative estimate of drug-likeness (QED) is 0.541. The summed E-state index contributed by atoms with van der Waals surface area (Å²) in [6, 6.07) is 18.7. The van der Waals surface area contributed by atoms with Crippen molar-refractivity contribution in [3.8, 4) is 0 Å². The third kappa shape index (κ3) is 4.91. The van der Waals surface area contributed by atoms with E-state index in [2.05, 4.69) is 109 Å². The molecule has 2 N–H and O–H groups in total. The number of hydrogen-bond donors (Lipinski definition) is 2. The molecule has 0 radical (unpaired) electrons. The summed E-state index contributed by atoms with van der Waals surface area (Å²) in [4.78, 5) is 0. The summed E-state index contributed by atoms with van der Waals surface area (Å²) in [5.74, 6) is 1.40. The highest BCUT2D eigenvalue weighted by Crippen LogP contribution is 2.37. The molecular weight excluding hydrogens is 378 g/mol. The minimum atomic E-state index is -0.259. The summed E-state index contributed by atoms with van der Waals surface area (Å²) in [5, 5.41) is 13.8. The van der Waals surface area contributed by atoms with E-state index in [-0.39, 0.29) is 28.9 Å². The fourth-order valence-corrected chi connectivity index (χ4v) is 4.56. The van der Waals surface area contributed by atoms with Crippen LogP contribution in [0.3, 0.4) is 0 Å². The molecule has 1 aliphatic heterocycles. The first-order chi connectivity index (χ1) is 14.4. The first-order valence-electron chi connectivity index (χ1n) is 12.1. The van der Waals surface area contributed by atoms with Gasteiger partial charge in [0, 0.05) is 18.5 Å². The summed E-state index contributed by atoms with van der Waals surface area (Å²) in [6.07, 6.45) is 0.536. The topological polar surface area (TPSA) is 32.3 Å². The van der Waals surface area contributed by atoms with Crippen molar-refractivity contribution in [1.82, 2.24) is 5.32 Å². The van der Waals surface area contributed by atoms with Gasteiger partial charge < -0.3 is 10.4 Å². The molecule has 0 spiro atoms. The normalized spacial score (nSPS) is 20.3. The fraction of sp³-hybridized carbons (Fsp3) is 0.586. The van der Waals surface area contributed by atoms with Crippen molar-refractivity contribution in [2.75, 3.05) is 6.54 Å². The van der Waals surface area contributed by atoms with Crippen LogP contribution < -0.4 is 5.32 Å². The van der Waals surface area contributed by atoms with E-state index in [4.69, 9.17) is 0 Å². The summed E-state index contributed by atoms with van der Waals surface area (Å²) < 4.78 is 0. The molecule has 0 bridgehead atoms. The molecule has 170 valence electrons. The third-order valence-electron chi connectivity index (χ3n) is 8.46. The molecule has 1 saturated heterocycles. The van der Waals surface area contributed by atoms with Crippen LogP contribution in [0.15, 0.2) is 48.5 Å². The Hall–Kier alpha value is -1.64. The molecule has 2 heteroatoms. The molecule has 2 unspecified atom stereocenters. The van der Waals surface area contributed by atoms with E-state index in [0.29, 0.717) is 18.4 Å². The predicted octanol–water partition coefficient (Wildman–Crippen LogP) is 6.41. The van der Waals surface area contributed by atoms with Gasteiger partial charge >= 0.3 is 0 Å². The Bertz CT molecular complexity index is 782. The number of rotatable bonds is 7. The third-order valence-corrected chi connectivity index (χ3v) is 8.46. The number of hydrogen-bond acceptors (Lipinski definition) is 2. The molecule has 1 heterocycles. The Morgan fingerprint density at radius 3 is 1.42 bits per heavy atom. The molecule has 2 aromatic rings. The van der Waals surface area contributed by atoms with Gasteiger partial charge in [-0.15, -0.1) is 0 Å². The van der Waals surface area contributed by atoms with E-state index in [1.165, 1.54) is 22.3 Å². The minimum absolute atomic E-state index is 0.153. The summed E-state index contributed by atoms with van der Waals surface area (Å²) in [7, 11) is 0. The zero-order valence-corrected chi connectivity index (χ0v) is 20.9. The maximum absolute atomic E-state index is 10.2. The molecule has 3 rings (SSSR count). The fourth-order valence-electron chi connectivity index (χ4n) is 4.56. The number of benzene rings is 2. The predicted molar refractivity (Wildman–Crippen MR) is 133 cm³/mol. The largest absolute Gasteiger partial charge is 0.392 e. The highest BCUT2D eigenvalue weighted by atomic mass is 16.3. The first-order valence-corrected chi connectivity index (χ1v) is 12.1. The lowest BCUT2D eigenvalue weighted by Crippen LogP contribution is -2.30. The van der Waals surface area contributed by atoms with Crippen molar-refractivity contribution >= 4 is 0 Å². The second-order valence-corrected chi connectivity index (χ2v) is 11.4. The van der Waals surface area contributed by atoms with Gasteiger partial charge in [-0.25, -0.2) is 0 Å². The van der Waals surface area contributed by atoms with Gasteiger partial charge in [0.1, 0.15) is 0 Å². The minimum Gasteiger partial charge on any atom is -0.392 e. The highest BCUT2D eigenvalue weighted by Gasteiger charge is 2.33. The lowest BCUT2D eigenvalue weighted by atomic mass is 9.73. The van der Waals surface area contributed by atoms with Gasteiger partial charge in [-0.2, -0.15) is 0 Å². The van der Waals surface area contributed by atoms with Crippen molar-refractivity contribution in [2.45, 2.75) is 90.7 Å². The standard InChI is InChI=1S/C29H43NO/c1-19(2)28(5,6)23-13-9-21(10-14-23)27(26-17-25(31)18-30-26)22-11-15-24(16-12-22)29(7,8)20(3)4/h9-16,19-20,25-27,30-31H,17-18H2,1-8H3.